The molecule has 2 amide bonds. The first-order chi connectivity index (χ1) is 29.4. The molecule has 0 aliphatic carbocycles. The normalized spacial score (nSPS) is 13.3. The number of nitrogens with one attached hydrogen (secondary N) is 3. The van der Waals surface area contributed by atoms with Crippen LogP contribution in [0.3, 0.4) is 0 Å². The SMILES string of the molecule is CCCSc1nc(NCCOCCNC(=O)c2cnc(N/N=C3/C(=O)N(c4nc(-c5ccccc5)cs4)N=C3c3ccccc3)s2)c2nnn(Cc3ccc(Cl)cc3)c2n1. The number of hydrogen-bond acceptors (Lipinski definition) is 16. The fourth-order valence-electron chi connectivity index (χ4n) is 5.81. The predicted octanol–water partition coefficient (Wildman–Crippen LogP) is 7.08. The average molecular weight is 878 g/mol. The molecule has 0 unspecified atom stereocenters. The van der Waals surface area contributed by atoms with Crippen LogP contribution >= 0.6 is 46.0 Å². The second kappa shape index (κ2) is 19.3. The topological polar surface area (TPSA) is 190 Å². The summed E-state index contributed by atoms with van der Waals surface area (Å²) in [5, 5.41) is 29.1. The highest BCUT2D eigenvalue weighted by Crippen LogP contribution is 2.31. The van der Waals surface area contributed by atoms with Crippen molar-refractivity contribution in [1.82, 2.24) is 40.2 Å². The summed E-state index contributed by atoms with van der Waals surface area (Å²) in [4.78, 5) is 45.4. The molecular weight excluding hydrogens is 842 g/mol. The van der Waals surface area contributed by atoms with Gasteiger partial charge in [0.05, 0.1) is 31.6 Å². The molecule has 4 aromatic heterocycles. The number of carbonyl (C=O) groups excluding carboxylic acids is 2. The van der Waals surface area contributed by atoms with Gasteiger partial charge < -0.3 is 15.4 Å². The van der Waals surface area contributed by atoms with Crippen molar-refractivity contribution in [2.75, 3.05) is 47.8 Å². The molecule has 7 aromatic rings. The number of benzene rings is 3. The van der Waals surface area contributed by atoms with Crippen molar-refractivity contribution in [3.05, 3.63) is 118 Å². The van der Waals surface area contributed by atoms with E-state index in [0.29, 0.717) is 73.3 Å². The third-order valence-electron chi connectivity index (χ3n) is 8.70. The smallest absolute Gasteiger partial charge is 0.303 e. The number of ether oxygens (including phenoxy) is 1. The van der Waals surface area contributed by atoms with Gasteiger partial charge in [0.15, 0.2) is 27.8 Å². The summed E-state index contributed by atoms with van der Waals surface area (Å²) >= 11 is 10.1. The third kappa shape index (κ3) is 9.67. The van der Waals surface area contributed by atoms with Crippen LogP contribution in [0, 0.1) is 0 Å². The van der Waals surface area contributed by atoms with Gasteiger partial charge in [-0.25, -0.2) is 24.6 Å². The molecule has 8 rings (SSSR count). The quantitative estimate of drug-likeness (QED) is 0.0344. The van der Waals surface area contributed by atoms with Gasteiger partial charge in [-0.2, -0.15) is 15.2 Å². The highest BCUT2D eigenvalue weighted by Gasteiger charge is 2.36. The summed E-state index contributed by atoms with van der Waals surface area (Å²) in [6, 6.07) is 26.6. The van der Waals surface area contributed by atoms with E-state index < -0.39 is 5.91 Å². The number of amides is 2. The number of thioether (sulfide) groups is 1. The first-order valence-electron chi connectivity index (χ1n) is 18.8. The molecule has 3 N–H and O–H groups in total. The molecule has 0 bridgehead atoms. The van der Waals surface area contributed by atoms with Gasteiger partial charge in [-0.05, 0) is 24.1 Å². The monoisotopic (exact) mass is 877 g/mol. The van der Waals surface area contributed by atoms with Crippen molar-refractivity contribution in [3.63, 3.8) is 0 Å². The van der Waals surface area contributed by atoms with Crippen LogP contribution in [0.15, 0.2) is 112 Å². The maximum absolute atomic E-state index is 13.7. The van der Waals surface area contributed by atoms with E-state index in [2.05, 4.69) is 53.5 Å². The van der Waals surface area contributed by atoms with Crippen LogP contribution in [0.5, 0.6) is 0 Å². The lowest BCUT2D eigenvalue weighted by Crippen LogP contribution is -2.28. The molecule has 1 aliphatic rings. The third-order valence-corrected chi connectivity index (χ3v) is 11.7. The van der Waals surface area contributed by atoms with E-state index in [9.17, 15) is 9.59 Å². The Labute approximate surface area is 361 Å². The standard InChI is InChI=1S/C40H36ClN13O3S3/c1-2-21-58-39-46-34(33-35(47-39)53(52-49-33)23-25-13-15-28(41)16-14-25)42-17-19-57-20-18-43-36(55)30-22-44-38(60-30)50-48-32-31(27-11-7-4-8-12-27)51-54(37(32)56)40-45-29(24-59-40)26-9-5-3-6-10-26/h3-16,22,24H,2,17-21,23H2,1H3,(H,43,55)(H,44,50)(H,42,46,47)/b48-32+. The largest absolute Gasteiger partial charge is 0.378 e. The van der Waals surface area contributed by atoms with Gasteiger partial charge in [-0.15, -0.1) is 16.4 Å². The van der Waals surface area contributed by atoms with Gasteiger partial charge in [0.25, 0.3) is 5.91 Å². The Bertz CT molecular complexity index is 2650. The molecule has 20 heteroatoms. The first-order valence-corrected chi connectivity index (χ1v) is 21.9. The maximum atomic E-state index is 13.7. The van der Waals surface area contributed by atoms with Crippen molar-refractivity contribution < 1.29 is 14.3 Å². The van der Waals surface area contributed by atoms with Crippen molar-refractivity contribution in [2.24, 2.45) is 10.2 Å². The summed E-state index contributed by atoms with van der Waals surface area (Å²) in [6.45, 7) is 3.96. The van der Waals surface area contributed by atoms with E-state index in [-0.39, 0.29) is 24.8 Å². The van der Waals surface area contributed by atoms with Crippen molar-refractivity contribution >= 4 is 96.5 Å². The highest BCUT2D eigenvalue weighted by atomic mass is 35.5. The van der Waals surface area contributed by atoms with E-state index in [1.807, 2.05) is 90.3 Å². The molecule has 0 radical (unpaired) electrons. The second-order valence-electron chi connectivity index (χ2n) is 13.0. The number of fused-ring (bicyclic) bond motifs is 1. The first kappa shape index (κ1) is 40.7. The number of carbonyl (C=O) groups is 2. The number of hydrogen-bond donors (Lipinski definition) is 3. The Morgan fingerprint density at radius 2 is 1.72 bits per heavy atom. The molecule has 16 nitrogen and oxygen atoms in total. The van der Waals surface area contributed by atoms with Gasteiger partial charge >= 0.3 is 5.91 Å². The van der Waals surface area contributed by atoms with Crippen LogP contribution < -0.4 is 21.1 Å². The zero-order valence-corrected chi connectivity index (χ0v) is 35.2. The van der Waals surface area contributed by atoms with Crippen molar-refractivity contribution in [3.8, 4) is 11.3 Å². The second-order valence-corrected chi connectivity index (χ2v) is 16.3. The van der Waals surface area contributed by atoms with Crippen LogP contribution in [-0.4, -0.2) is 90.2 Å². The van der Waals surface area contributed by atoms with Crippen molar-refractivity contribution in [2.45, 2.75) is 25.0 Å². The Morgan fingerprint density at radius 1 is 0.950 bits per heavy atom. The minimum Gasteiger partial charge on any atom is -0.378 e. The molecule has 1 aliphatic heterocycles. The summed E-state index contributed by atoms with van der Waals surface area (Å²) < 4.78 is 7.55. The molecule has 0 fully saturated rings. The fourth-order valence-corrected chi connectivity index (χ4v) is 8.08. The molecule has 0 spiro atoms. The number of anilines is 3. The molecule has 0 saturated heterocycles. The molecule has 60 heavy (non-hydrogen) atoms. The molecular formula is C40H36ClN13O3S3. The summed E-state index contributed by atoms with van der Waals surface area (Å²) in [7, 11) is 0. The fraction of sp³-hybridized carbons (Fsp3) is 0.200. The van der Waals surface area contributed by atoms with E-state index in [0.717, 1.165) is 40.3 Å². The van der Waals surface area contributed by atoms with Gasteiger partial charge in [-0.3, -0.25) is 15.0 Å². The van der Waals surface area contributed by atoms with Gasteiger partial charge in [-0.1, -0.05) is 120 Å². The van der Waals surface area contributed by atoms with E-state index in [1.54, 1.807) is 16.4 Å². The summed E-state index contributed by atoms with van der Waals surface area (Å²) in [5.41, 5.74) is 7.93. The van der Waals surface area contributed by atoms with Crippen LogP contribution in [-0.2, 0) is 16.1 Å². The van der Waals surface area contributed by atoms with Crippen molar-refractivity contribution in [1.29, 1.82) is 0 Å². The van der Waals surface area contributed by atoms with Crippen LogP contribution in [0.2, 0.25) is 5.02 Å². The lowest BCUT2D eigenvalue weighted by atomic mass is 10.1. The van der Waals surface area contributed by atoms with Gasteiger partial charge in [0.2, 0.25) is 10.3 Å². The molecule has 304 valence electrons. The number of thiazole rings is 2. The van der Waals surface area contributed by atoms with Crippen LogP contribution in [0.1, 0.15) is 34.1 Å². The summed E-state index contributed by atoms with van der Waals surface area (Å²) in [6.07, 6.45) is 2.43. The summed E-state index contributed by atoms with van der Waals surface area (Å²) in [5.74, 6) is 0.694. The van der Waals surface area contributed by atoms with E-state index >= 15 is 0 Å². The predicted molar refractivity (Wildman–Crippen MR) is 238 cm³/mol. The zero-order chi connectivity index (χ0) is 41.3. The minimum absolute atomic E-state index is 0.0888. The Hall–Kier alpha value is -6.12. The number of rotatable bonds is 18. The molecule has 0 saturated carbocycles. The Morgan fingerprint density at radius 3 is 2.50 bits per heavy atom. The average Bonchev–Trinajstić information content (AvgIpc) is 4.10. The number of nitrogens with zero attached hydrogens (tertiary/aromatic N) is 10. The molecule has 3 aromatic carbocycles. The number of halogens is 1. The molecule has 0 atom stereocenters. The van der Waals surface area contributed by atoms with E-state index in [1.165, 1.54) is 22.5 Å². The lowest BCUT2D eigenvalue weighted by Gasteiger charge is -2.09. The minimum atomic E-state index is -0.445. The lowest BCUT2D eigenvalue weighted by molar-refractivity contribution is -0.112. The van der Waals surface area contributed by atoms with Gasteiger partial charge in [0, 0.05) is 40.4 Å². The maximum Gasteiger partial charge on any atom is 0.303 e. The highest BCUT2D eigenvalue weighted by molar-refractivity contribution is 7.99. The Kier molecular flexibility index (Phi) is 13.1. The number of aromatic nitrogens is 7. The van der Waals surface area contributed by atoms with Crippen LogP contribution in [0.4, 0.5) is 16.1 Å². The zero-order valence-electron chi connectivity index (χ0n) is 32.0. The van der Waals surface area contributed by atoms with Crippen LogP contribution in [0.25, 0.3) is 22.4 Å². The number of hydrazone groups is 2. The van der Waals surface area contributed by atoms with Gasteiger partial charge in [0.1, 0.15) is 10.6 Å². The van der Waals surface area contributed by atoms with E-state index in [4.69, 9.17) is 26.3 Å². The Balaban J connectivity index is 0.833. The molecule has 5 heterocycles.